The molecule has 0 saturated carbocycles. The zero-order chi connectivity index (χ0) is 18.1. The van der Waals surface area contributed by atoms with Crippen LogP contribution in [0.5, 0.6) is 0 Å². The van der Waals surface area contributed by atoms with Gasteiger partial charge in [-0.15, -0.1) is 0 Å². The molecule has 0 aliphatic rings. The van der Waals surface area contributed by atoms with Crippen LogP contribution in [0, 0.1) is 11.3 Å². The number of nitriles is 1. The Kier molecular flexibility index (Phi) is 4.42. The molecule has 0 spiro atoms. The van der Waals surface area contributed by atoms with E-state index in [1.807, 2.05) is 0 Å². The largest absolute Gasteiger partial charge is 0.423 e. The Bertz CT molecular complexity index is 1200. The molecular formula is C17H12BrN3O4. The Morgan fingerprint density at radius 2 is 2.00 bits per heavy atom. The number of hydrogen-bond acceptors (Lipinski definition) is 5. The van der Waals surface area contributed by atoms with Crippen molar-refractivity contribution in [2.75, 3.05) is 0 Å². The first kappa shape index (κ1) is 16.9. The number of fused-ring (bicyclic) bond motifs is 1. The fourth-order valence-corrected chi connectivity index (χ4v) is 2.94. The predicted octanol–water partition coefficient (Wildman–Crippen LogP) is 1.82. The highest BCUT2D eigenvalue weighted by Crippen LogP contribution is 2.21. The molecule has 0 saturated heterocycles. The van der Waals surface area contributed by atoms with Gasteiger partial charge >= 0.3 is 11.3 Å². The monoisotopic (exact) mass is 401 g/mol. The standard InChI is InChI=1S/C17H12BrN3O4/c1-2-20-8-11(7-19)16(23)21(17(20)24)9-10-5-15(22)25-14-6-12(18)3-4-13(10)14/h3-6,8H,2,9H2,1H3. The zero-order valence-electron chi connectivity index (χ0n) is 13.2. The predicted molar refractivity (Wildman–Crippen MR) is 94.6 cm³/mol. The molecule has 3 aromatic rings. The Labute approximate surface area is 149 Å². The average molecular weight is 402 g/mol. The van der Waals surface area contributed by atoms with Crippen LogP contribution in [0.2, 0.25) is 0 Å². The second-order valence-corrected chi connectivity index (χ2v) is 6.26. The molecule has 0 amide bonds. The molecule has 25 heavy (non-hydrogen) atoms. The van der Waals surface area contributed by atoms with Gasteiger partial charge in [0.15, 0.2) is 0 Å². The van der Waals surface area contributed by atoms with Crippen molar-refractivity contribution in [3.63, 3.8) is 0 Å². The summed E-state index contributed by atoms with van der Waals surface area (Å²) < 4.78 is 8.13. The van der Waals surface area contributed by atoms with Crippen molar-refractivity contribution in [2.24, 2.45) is 0 Å². The lowest BCUT2D eigenvalue weighted by molar-refractivity contribution is 0.553. The molecule has 0 bridgehead atoms. The minimum Gasteiger partial charge on any atom is -0.423 e. The van der Waals surface area contributed by atoms with Crippen LogP contribution in [-0.2, 0) is 13.1 Å². The minimum absolute atomic E-state index is 0.128. The third-order valence-corrected chi connectivity index (χ3v) is 4.31. The Balaban J connectivity index is 2.27. The average Bonchev–Trinajstić information content (AvgIpc) is 2.58. The van der Waals surface area contributed by atoms with Crippen LogP contribution in [-0.4, -0.2) is 9.13 Å². The van der Waals surface area contributed by atoms with E-state index in [9.17, 15) is 14.4 Å². The Morgan fingerprint density at radius 1 is 1.24 bits per heavy atom. The third kappa shape index (κ3) is 3.06. The van der Waals surface area contributed by atoms with Crippen molar-refractivity contribution < 1.29 is 4.42 Å². The topological polar surface area (TPSA) is 98.0 Å². The van der Waals surface area contributed by atoms with Gasteiger partial charge in [0.1, 0.15) is 17.2 Å². The van der Waals surface area contributed by atoms with E-state index < -0.39 is 16.9 Å². The fourth-order valence-electron chi connectivity index (χ4n) is 2.60. The summed E-state index contributed by atoms with van der Waals surface area (Å²) >= 11 is 3.30. The molecule has 0 N–H and O–H groups in total. The Morgan fingerprint density at radius 3 is 2.68 bits per heavy atom. The number of benzene rings is 1. The summed E-state index contributed by atoms with van der Waals surface area (Å²) in [5, 5.41) is 9.73. The van der Waals surface area contributed by atoms with E-state index in [0.717, 1.165) is 9.04 Å². The first-order valence-corrected chi connectivity index (χ1v) is 8.20. The van der Waals surface area contributed by atoms with Gasteiger partial charge in [-0.1, -0.05) is 15.9 Å². The number of aryl methyl sites for hydroxylation is 1. The van der Waals surface area contributed by atoms with E-state index in [2.05, 4.69) is 15.9 Å². The fraction of sp³-hybridized carbons (Fsp3) is 0.176. The SMILES string of the molecule is CCn1cc(C#N)c(=O)n(Cc2cc(=O)oc3cc(Br)ccc23)c1=O. The van der Waals surface area contributed by atoms with Crippen molar-refractivity contribution in [1.82, 2.24) is 9.13 Å². The van der Waals surface area contributed by atoms with Crippen molar-refractivity contribution >= 4 is 26.9 Å². The van der Waals surface area contributed by atoms with Crippen LogP contribution < -0.4 is 16.9 Å². The second-order valence-electron chi connectivity index (χ2n) is 5.35. The summed E-state index contributed by atoms with van der Waals surface area (Å²) in [5.74, 6) is 0. The van der Waals surface area contributed by atoms with Gasteiger partial charge in [-0.3, -0.25) is 13.9 Å². The maximum Gasteiger partial charge on any atom is 0.336 e. The summed E-state index contributed by atoms with van der Waals surface area (Å²) in [6.45, 7) is 1.93. The molecule has 8 heteroatoms. The number of aromatic nitrogens is 2. The van der Waals surface area contributed by atoms with Crippen LogP contribution in [0.1, 0.15) is 18.1 Å². The number of rotatable bonds is 3. The van der Waals surface area contributed by atoms with E-state index in [1.165, 1.54) is 16.8 Å². The lowest BCUT2D eigenvalue weighted by Gasteiger charge is -2.11. The maximum atomic E-state index is 12.5. The van der Waals surface area contributed by atoms with E-state index in [-0.39, 0.29) is 12.1 Å². The molecule has 0 radical (unpaired) electrons. The highest BCUT2D eigenvalue weighted by Gasteiger charge is 2.14. The first-order chi connectivity index (χ1) is 11.9. The van der Waals surface area contributed by atoms with Gasteiger partial charge in [0, 0.05) is 28.7 Å². The molecule has 2 heterocycles. The van der Waals surface area contributed by atoms with E-state index >= 15 is 0 Å². The van der Waals surface area contributed by atoms with E-state index in [0.29, 0.717) is 23.1 Å². The van der Waals surface area contributed by atoms with Crippen molar-refractivity contribution in [3.05, 3.63) is 77.3 Å². The molecule has 0 aliphatic heterocycles. The molecule has 2 aromatic heterocycles. The number of hydrogen-bond donors (Lipinski definition) is 0. The number of nitrogens with zero attached hydrogens (tertiary/aromatic N) is 3. The van der Waals surface area contributed by atoms with Crippen LogP contribution in [0.25, 0.3) is 11.0 Å². The van der Waals surface area contributed by atoms with Gasteiger partial charge < -0.3 is 4.42 Å². The highest BCUT2D eigenvalue weighted by atomic mass is 79.9. The van der Waals surface area contributed by atoms with Gasteiger partial charge in [-0.25, -0.2) is 9.59 Å². The third-order valence-electron chi connectivity index (χ3n) is 3.82. The Hall–Kier alpha value is -2.92. The highest BCUT2D eigenvalue weighted by molar-refractivity contribution is 9.10. The van der Waals surface area contributed by atoms with Gasteiger partial charge in [0.2, 0.25) is 0 Å². The van der Waals surface area contributed by atoms with Crippen LogP contribution in [0.3, 0.4) is 0 Å². The molecule has 0 fully saturated rings. The lowest BCUT2D eigenvalue weighted by Crippen LogP contribution is -2.41. The first-order valence-electron chi connectivity index (χ1n) is 7.41. The molecule has 0 unspecified atom stereocenters. The normalized spacial score (nSPS) is 10.8. The lowest BCUT2D eigenvalue weighted by atomic mass is 10.1. The van der Waals surface area contributed by atoms with Gasteiger partial charge in [-0.2, -0.15) is 5.26 Å². The van der Waals surface area contributed by atoms with Crippen molar-refractivity contribution in [2.45, 2.75) is 20.0 Å². The number of halogens is 1. The van der Waals surface area contributed by atoms with Crippen molar-refractivity contribution in [3.8, 4) is 6.07 Å². The van der Waals surface area contributed by atoms with Gasteiger partial charge in [0.05, 0.1) is 6.54 Å². The van der Waals surface area contributed by atoms with Gasteiger partial charge in [0.25, 0.3) is 5.56 Å². The van der Waals surface area contributed by atoms with Crippen molar-refractivity contribution in [1.29, 1.82) is 5.26 Å². The van der Waals surface area contributed by atoms with E-state index in [1.54, 1.807) is 31.2 Å². The van der Waals surface area contributed by atoms with Crippen LogP contribution >= 0.6 is 15.9 Å². The smallest absolute Gasteiger partial charge is 0.336 e. The zero-order valence-corrected chi connectivity index (χ0v) is 14.7. The molecule has 0 atom stereocenters. The second kappa shape index (κ2) is 6.53. The maximum absolute atomic E-state index is 12.5. The summed E-state index contributed by atoms with van der Waals surface area (Å²) in [6, 6.07) is 8.19. The van der Waals surface area contributed by atoms with Gasteiger partial charge in [-0.05, 0) is 30.7 Å². The summed E-state index contributed by atoms with van der Waals surface area (Å²) in [6.07, 6.45) is 1.25. The molecule has 0 aliphatic carbocycles. The molecular weight excluding hydrogens is 390 g/mol. The summed E-state index contributed by atoms with van der Waals surface area (Å²) in [5.41, 5.74) is -1.12. The molecule has 126 valence electrons. The van der Waals surface area contributed by atoms with E-state index in [4.69, 9.17) is 9.68 Å². The quantitative estimate of drug-likeness (QED) is 0.623. The molecule has 3 rings (SSSR count). The molecule has 1 aromatic carbocycles. The summed E-state index contributed by atoms with van der Waals surface area (Å²) in [4.78, 5) is 36.7. The van der Waals surface area contributed by atoms with Crippen LogP contribution in [0.4, 0.5) is 0 Å². The molecule has 7 nitrogen and oxygen atoms in total. The minimum atomic E-state index is -0.685. The van der Waals surface area contributed by atoms with Crippen LogP contribution in [0.15, 0.2) is 53.7 Å². The summed E-state index contributed by atoms with van der Waals surface area (Å²) in [7, 11) is 0.